The molecule has 0 aliphatic carbocycles. The van der Waals surface area contributed by atoms with Gasteiger partial charge in [0, 0.05) is 5.56 Å². The normalized spacial score (nSPS) is 12.4. The van der Waals surface area contributed by atoms with Crippen LogP contribution in [0.5, 0.6) is 0 Å². The van der Waals surface area contributed by atoms with E-state index in [1.807, 2.05) is 42.5 Å². The number of carbonyl (C=O) groups excluding carboxylic acids is 1. The van der Waals surface area contributed by atoms with E-state index < -0.39 is 6.04 Å². The molecule has 0 fully saturated rings. The first-order valence-corrected chi connectivity index (χ1v) is 5.12. The molecular formula is C13H14NO2+. The third-order valence-corrected chi connectivity index (χ3v) is 2.68. The Bertz CT molecular complexity index is 517. The van der Waals surface area contributed by atoms with Gasteiger partial charge in [-0.1, -0.05) is 42.5 Å². The lowest BCUT2D eigenvalue weighted by atomic mass is 9.99. The number of benzene rings is 2. The van der Waals surface area contributed by atoms with Gasteiger partial charge in [0.25, 0.3) is 0 Å². The Balaban J connectivity index is 2.56. The second-order valence-electron chi connectivity index (χ2n) is 3.64. The minimum Gasteiger partial charge on any atom is -0.464 e. The minimum atomic E-state index is -0.476. The van der Waals surface area contributed by atoms with Crippen LogP contribution < -0.4 is 5.73 Å². The maximum atomic E-state index is 11.5. The lowest BCUT2D eigenvalue weighted by Crippen LogP contribution is -2.57. The molecule has 3 nitrogen and oxygen atoms in total. The van der Waals surface area contributed by atoms with Gasteiger partial charge in [0.05, 0.1) is 7.11 Å². The highest BCUT2D eigenvalue weighted by atomic mass is 16.5. The van der Waals surface area contributed by atoms with Gasteiger partial charge in [0.15, 0.2) is 0 Å². The van der Waals surface area contributed by atoms with Crippen molar-refractivity contribution in [3.05, 3.63) is 48.0 Å². The van der Waals surface area contributed by atoms with Crippen LogP contribution in [0, 0.1) is 0 Å². The standard InChI is InChI=1S/C13H13NO2/c1-16-13(15)12(14)11-8-4-6-9-5-2-3-7-10(9)11/h2-8,12H,14H2,1H3/p+1/t12-/m0/s1. The van der Waals surface area contributed by atoms with Crippen molar-refractivity contribution in [3.63, 3.8) is 0 Å². The Hall–Kier alpha value is -1.87. The lowest BCUT2D eigenvalue weighted by molar-refractivity contribution is -0.413. The number of rotatable bonds is 2. The molecule has 3 N–H and O–H groups in total. The molecule has 0 aromatic heterocycles. The molecule has 0 aliphatic rings. The summed E-state index contributed by atoms with van der Waals surface area (Å²) in [5.74, 6) is -0.309. The summed E-state index contributed by atoms with van der Waals surface area (Å²) in [6, 6.07) is 13.3. The van der Waals surface area contributed by atoms with Gasteiger partial charge in [-0.25, -0.2) is 4.79 Å². The first-order chi connectivity index (χ1) is 7.74. The highest BCUT2D eigenvalue weighted by Gasteiger charge is 2.21. The molecule has 0 heterocycles. The average Bonchev–Trinajstić information content (AvgIpc) is 2.36. The van der Waals surface area contributed by atoms with E-state index >= 15 is 0 Å². The number of hydrogen-bond donors (Lipinski definition) is 1. The number of carbonyl (C=O) groups is 1. The SMILES string of the molecule is COC(=O)[C@@H]([NH3+])c1cccc2ccccc12. The molecule has 0 amide bonds. The molecule has 0 bridgehead atoms. The second-order valence-corrected chi connectivity index (χ2v) is 3.64. The molecule has 0 saturated carbocycles. The summed E-state index contributed by atoms with van der Waals surface area (Å²) in [5, 5.41) is 2.16. The molecule has 0 unspecified atom stereocenters. The fraction of sp³-hybridized carbons (Fsp3) is 0.154. The highest BCUT2D eigenvalue weighted by Crippen LogP contribution is 2.22. The van der Waals surface area contributed by atoms with Crippen LogP contribution in [0.15, 0.2) is 42.5 Å². The highest BCUT2D eigenvalue weighted by molar-refractivity contribution is 5.90. The van der Waals surface area contributed by atoms with Crippen molar-refractivity contribution in [1.29, 1.82) is 0 Å². The van der Waals surface area contributed by atoms with E-state index in [4.69, 9.17) is 4.74 Å². The fourth-order valence-electron chi connectivity index (χ4n) is 1.82. The summed E-state index contributed by atoms with van der Waals surface area (Å²) < 4.78 is 4.71. The van der Waals surface area contributed by atoms with Crippen molar-refractivity contribution in [1.82, 2.24) is 0 Å². The molecule has 0 aliphatic heterocycles. The second kappa shape index (κ2) is 4.33. The number of methoxy groups -OCH3 is 1. The molecule has 16 heavy (non-hydrogen) atoms. The first-order valence-electron chi connectivity index (χ1n) is 5.12. The zero-order valence-electron chi connectivity index (χ0n) is 9.14. The van der Waals surface area contributed by atoms with Gasteiger partial charge in [-0.05, 0) is 10.8 Å². The van der Waals surface area contributed by atoms with Crippen LogP contribution >= 0.6 is 0 Å². The summed E-state index contributed by atoms with van der Waals surface area (Å²) in [7, 11) is 1.38. The Morgan fingerprint density at radius 3 is 2.62 bits per heavy atom. The number of esters is 1. The van der Waals surface area contributed by atoms with Gasteiger partial charge in [-0.15, -0.1) is 0 Å². The molecule has 0 saturated heterocycles. The van der Waals surface area contributed by atoms with Crippen molar-refractivity contribution in [3.8, 4) is 0 Å². The van der Waals surface area contributed by atoms with E-state index in [1.54, 1.807) is 0 Å². The van der Waals surface area contributed by atoms with Crippen LogP contribution in [0.25, 0.3) is 10.8 Å². The van der Waals surface area contributed by atoms with E-state index in [-0.39, 0.29) is 5.97 Å². The third kappa shape index (κ3) is 1.77. The van der Waals surface area contributed by atoms with Crippen LogP contribution in [-0.2, 0) is 9.53 Å². The van der Waals surface area contributed by atoms with Gasteiger partial charge in [0.1, 0.15) is 0 Å². The molecular weight excluding hydrogens is 202 g/mol. The fourth-order valence-corrected chi connectivity index (χ4v) is 1.82. The molecule has 2 rings (SSSR count). The summed E-state index contributed by atoms with van der Waals surface area (Å²) >= 11 is 0. The zero-order valence-corrected chi connectivity index (χ0v) is 9.14. The van der Waals surface area contributed by atoms with Gasteiger partial charge in [0.2, 0.25) is 6.04 Å². The van der Waals surface area contributed by atoms with E-state index in [1.165, 1.54) is 7.11 Å². The average molecular weight is 216 g/mol. The Morgan fingerprint density at radius 1 is 1.19 bits per heavy atom. The van der Waals surface area contributed by atoms with Crippen molar-refractivity contribution >= 4 is 16.7 Å². The smallest absolute Gasteiger partial charge is 0.369 e. The Labute approximate surface area is 93.8 Å². The van der Waals surface area contributed by atoms with Crippen molar-refractivity contribution < 1.29 is 15.3 Å². The quantitative estimate of drug-likeness (QED) is 0.769. The molecule has 0 radical (unpaired) electrons. The number of ether oxygens (including phenoxy) is 1. The first kappa shape index (κ1) is 10.6. The predicted octanol–water partition coefficient (Wildman–Crippen LogP) is 1.30. The summed E-state index contributed by atoms with van der Waals surface area (Å²) in [6.45, 7) is 0. The van der Waals surface area contributed by atoms with Crippen LogP contribution in [0.2, 0.25) is 0 Å². The zero-order chi connectivity index (χ0) is 11.5. The summed E-state index contributed by atoms with van der Waals surface area (Å²) in [6.07, 6.45) is 0. The number of quaternary nitrogens is 1. The van der Waals surface area contributed by atoms with Gasteiger partial charge >= 0.3 is 5.97 Å². The molecule has 82 valence electrons. The van der Waals surface area contributed by atoms with Crippen molar-refractivity contribution in [2.75, 3.05) is 7.11 Å². The summed E-state index contributed by atoms with van der Waals surface area (Å²) in [5.41, 5.74) is 4.76. The Morgan fingerprint density at radius 2 is 1.88 bits per heavy atom. The maximum absolute atomic E-state index is 11.5. The van der Waals surface area contributed by atoms with Crippen LogP contribution in [0.1, 0.15) is 11.6 Å². The van der Waals surface area contributed by atoms with Gasteiger partial charge in [-0.3, -0.25) is 0 Å². The molecule has 2 aromatic carbocycles. The summed E-state index contributed by atoms with van der Waals surface area (Å²) in [4.78, 5) is 11.5. The Kier molecular flexibility index (Phi) is 2.88. The van der Waals surface area contributed by atoms with Crippen molar-refractivity contribution in [2.45, 2.75) is 6.04 Å². The largest absolute Gasteiger partial charge is 0.464 e. The minimum absolute atomic E-state index is 0.309. The molecule has 1 atom stereocenters. The van der Waals surface area contributed by atoms with Crippen LogP contribution in [-0.4, -0.2) is 13.1 Å². The van der Waals surface area contributed by atoms with E-state index in [9.17, 15) is 4.79 Å². The van der Waals surface area contributed by atoms with E-state index in [0.29, 0.717) is 0 Å². The van der Waals surface area contributed by atoms with Crippen LogP contribution in [0.4, 0.5) is 0 Å². The van der Waals surface area contributed by atoms with Gasteiger partial charge in [-0.2, -0.15) is 0 Å². The van der Waals surface area contributed by atoms with Crippen molar-refractivity contribution in [2.24, 2.45) is 0 Å². The molecule has 0 spiro atoms. The topological polar surface area (TPSA) is 53.9 Å². The van der Waals surface area contributed by atoms with E-state index in [2.05, 4.69) is 5.73 Å². The number of hydrogen-bond acceptors (Lipinski definition) is 2. The maximum Gasteiger partial charge on any atom is 0.369 e. The molecule has 2 aromatic rings. The molecule has 3 heteroatoms. The number of fused-ring (bicyclic) bond motifs is 1. The third-order valence-electron chi connectivity index (χ3n) is 2.68. The monoisotopic (exact) mass is 216 g/mol. The predicted molar refractivity (Wildman–Crippen MR) is 61.6 cm³/mol. The lowest BCUT2D eigenvalue weighted by Gasteiger charge is -2.09. The van der Waals surface area contributed by atoms with Crippen LogP contribution in [0.3, 0.4) is 0 Å². The van der Waals surface area contributed by atoms with E-state index in [0.717, 1.165) is 16.3 Å². The van der Waals surface area contributed by atoms with Gasteiger partial charge < -0.3 is 10.5 Å².